The molecule has 7 heteroatoms. The van der Waals surface area contributed by atoms with E-state index in [9.17, 15) is 4.79 Å². The molecule has 1 aliphatic carbocycles. The van der Waals surface area contributed by atoms with Crippen molar-refractivity contribution in [2.45, 2.75) is 65.0 Å². The normalized spacial score (nSPS) is 16.3. The molecule has 0 aliphatic heterocycles. The average Bonchev–Trinajstić information content (AvgIpc) is 3.07. The molecule has 1 atom stereocenters. The molecule has 7 nitrogen and oxygen atoms in total. The van der Waals surface area contributed by atoms with Crippen LogP contribution in [0.4, 0.5) is 5.95 Å². The third kappa shape index (κ3) is 3.86. The fourth-order valence-corrected chi connectivity index (χ4v) is 3.56. The van der Waals surface area contributed by atoms with Crippen molar-refractivity contribution in [1.29, 1.82) is 0 Å². The maximum atomic E-state index is 12.3. The van der Waals surface area contributed by atoms with Crippen LogP contribution in [0.1, 0.15) is 72.6 Å². The van der Waals surface area contributed by atoms with Gasteiger partial charge in [0.05, 0.1) is 6.04 Å². The van der Waals surface area contributed by atoms with E-state index in [2.05, 4.69) is 32.2 Å². The number of nitrogens with one attached hydrogen (secondary N) is 1. The molecule has 1 N–H and O–H groups in total. The van der Waals surface area contributed by atoms with Gasteiger partial charge in [-0.1, -0.05) is 19.3 Å². The van der Waals surface area contributed by atoms with Crippen LogP contribution in [-0.2, 0) is 0 Å². The largest absolute Gasteiger partial charge is 0.448 e. The predicted molar refractivity (Wildman–Crippen MR) is 99.2 cm³/mol. The molecule has 1 saturated carbocycles. The summed E-state index contributed by atoms with van der Waals surface area (Å²) in [5.74, 6) is 1.00. The summed E-state index contributed by atoms with van der Waals surface area (Å²) in [6, 6.07) is 0.300. The molecule has 26 heavy (non-hydrogen) atoms. The smallest absolute Gasteiger partial charge is 0.273 e. The summed E-state index contributed by atoms with van der Waals surface area (Å²) < 4.78 is 5.09. The number of rotatable bonds is 5. The molecule has 0 saturated heterocycles. The maximum absolute atomic E-state index is 12.3. The van der Waals surface area contributed by atoms with Crippen LogP contribution in [0.15, 0.2) is 17.0 Å². The van der Waals surface area contributed by atoms with E-state index in [1.165, 1.54) is 38.5 Å². The van der Waals surface area contributed by atoms with Crippen molar-refractivity contribution < 1.29 is 9.21 Å². The second kappa shape index (κ2) is 7.85. The molecular formula is C19H27N5O2. The minimum absolute atomic E-state index is 0.215. The summed E-state index contributed by atoms with van der Waals surface area (Å²) in [6.45, 7) is 5.60. The van der Waals surface area contributed by atoms with Crippen molar-refractivity contribution in [2.75, 3.05) is 11.9 Å². The predicted octanol–water partition coefficient (Wildman–Crippen LogP) is 3.34. The summed E-state index contributed by atoms with van der Waals surface area (Å²) in [6.07, 6.45) is 9.36. The van der Waals surface area contributed by atoms with E-state index in [4.69, 9.17) is 4.42 Å². The number of hydrogen-bond acceptors (Lipinski definition) is 6. The second-order valence-corrected chi connectivity index (χ2v) is 7.07. The number of carbonyl (C=O) groups excluding carboxylic acids is 1. The van der Waals surface area contributed by atoms with Crippen molar-refractivity contribution in [3.8, 4) is 0 Å². The highest BCUT2D eigenvalue weighted by molar-refractivity contribution is 5.93. The van der Waals surface area contributed by atoms with Crippen molar-refractivity contribution in [3.05, 3.63) is 35.3 Å². The van der Waals surface area contributed by atoms with Crippen LogP contribution < -0.4 is 10.2 Å². The van der Waals surface area contributed by atoms with Crippen LogP contribution in [0.3, 0.4) is 0 Å². The molecule has 1 unspecified atom stereocenters. The minimum Gasteiger partial charge on any atom is -0.448 e. The fraction of sp³-hybridized carbons (Fsp3) is 0.579. The van der Waals surface area contributed by atoms with E-state index in [0.29, 0.717) is 17.5 Å². The monoisotopic (exact) mass is 357 g/mol. The summed E-state index contributed by atoms with van der Waals surface area (Å²) >= 11 is 0. The van der Waals surface area contributed by atoms with E-state index >= 15 is 0 Å². The first-order valence-electron chi connectivity index (χ1n) is 9.24. The van der Waals surface area contributed by atoms with Gasteiger partial charge in [-0.3, -0.25) is 4.79 Å². The molecular weight excluding hydrogens is 330 g/mol. The molecule has 0 aromatic carbocycles. The van der Waals surface area contributed by atoms with Crippen LogP contribution in [-0.4, -0.2) is 33.9 Å². The van der Waals surface area contributed by atoms with Gasteiger partial charge in [0.2, 0.25) is 5.95 Å². The standard InChI is InChI=1S/C19H27N5O2/c1-12(22-18(25)17-14(3)26-11-21-17)16-10-20-19(23-13(16)2)24(4)15-8-6-5-7-9-15/h10-12,15H,5-9H2,1-4H3,(H,22,25). The first-order valence-corrected chi connectivity index (χ1v) is 9.24. The molecule has 2 heterocycles. The number of carbonyl (C=O) groups is 1. The number of aromatic nitrogens is 3. The quantitative estimate of drug-likeness (QED) is 0.883. The Morgan fingerprint density at radius 1 is 1.27 bits per heavy atom. The molecule has 140 valence electrons. The van der Waals surface area contributed by atoms with Crippen LogP contribution in [0.25, 0.3) is 0 Å². The van der Waals surface area contributed by atoms with Gasteiger partial charge < -0.3 is 14.6 Å². The molecule has 0 radical (unpaired) electrons. The third-order valence-electron chi connectivity index (χ3n) is 5.22. The highest BCUT2D eigenvalue weighted by atomic mass is 16.3. The molecule has 2 aromatic heterocycles. The number of oxazole rings is 1. The lowest BCUT2D eigenvalue weighted by atomic mass is 9.95. The summed E-state index contributed by atoms with van der Waals surface area (Å²) in [5.41, 5.74) is 2.09. The number of nitrogens with zero attached hydrogens (tertiary/aromatic N) is 4. The van der Waals surface area contributed by atoms with Gasteiger partial charge in [0, 0.05) is 30.5 Å². The van der Waals surface area contributed by atoms with E-state index in [0.717, 1.165) is 17.2 Å². The van der Waals surface area contributed by atoms with Crippen LogP contribution in [0, 0.1) is 13.8 Å². The SMILES string of the molecule is Cc1nc(N(C)C2CCCCC2)ncc1C(C)NC(=O)c1ncoc1C. The highest BCUT2D eigenvalue weighted by Crippen LogP contribution is 2.25. The lowest BCUT2D eigenvalue weighted by Crippen LogP contribution is -2.35. The Hall–Kier alpha value is -2.44. The Labute approximate surface area is 154 Å². The Morgan fingerprint density at radius 2 is 2.00 bits per heavy atom. The van der Waals surface area contributed by atoms with Crippen LogP contribution in [0.5, 0.6) is 0 Å². The molecule has 1 amide bonds. The lowest BCUT2D eigenvalue weighted by Gasteiger charge is -2.31. The summed E-state index contributed by atoms with van der Waals surface area (Å²) in [5, 5.41) is 2.94. The highest BCUT2D eigenvalue weighted by Gasteiger charge is 2.22. The lowest BCUT2D eigenvalue weighted by molar-refractivity contribution is 0.0934. The van der Waals surface area contributed by atoms with E-state index in [-0.39, 0.29) is 11.9 Å². The number of aryl methyl sites for hydroxylation is 2. The summed E-state index contributed by atoms with van der Waals surface area (Å²) in [7, 11) is 2.07. The van der Waals surface area contributed by atoms with Crippen molar-refractivity contribution in [3.63, 3.8) is 0 Å². The van der Waals surface area contributed by atoms with Gasteiger partial charge in [-0.05, 0) is 33.6 Å². The first kappa shape index (κ1) is 18.4. The Balaban J connectivity index is 1.70. The topological polar surface area (TPSA) is 84.2 Å². The van der Waals surface area contributed by atoms with Gasteiger partial charge in [0.15, 0.2) is 12.1 Å². The Kier molecular flexibility index (Phi) is 5.54. The zero-order valence-electron chi connectivity index (χ0n) is 16.0. The minimum atomic E-state index is -0.258. The van der Waals surface area contributed by atoms with Gasteiger partial charge in [0.1, 0.15) is 5.76 Å². The van der Waals surface area contributed by atoms with Crippen molar-refractivity contribution in [1.82, 2.24) is 20.3 Å². The van der Waals surface area contributed by atoms with Gasteiger partial charge in [-0.2, -0.15) is 0 Å². The van der Waals surface area contributed by atoms with E-state index in [1.807, 2.05) is 20.0 Å². The molecule has 1 aliphatic rings. The van der Waals surface area contributed by atoms with Gasteiger partial charge in [0.25, 0.3) is 5.91 Å². The van der Waals surface area contributed by atoms with Gasteiger partial charge in [-0.25, -0.2) is 15.0 Å². The number of hydrogen-bond donors (Lipinski definition) is 1. The van der Waals surface area contributed by atoms with Gasteiger partial charge >= 0.3 is 0 Å². The number of anilines is 1. The Morgan fingerprint density at radius 3 is 2.62 bits per heavy atom. The van der Waals surface area contributed by atoms with Crippen molar-refractivity contribution in [2.24, 2.45) is 0 Å². The maximum Gasteiger partial charge on any atom is 0.273 e. The molecule has 2 aromatic rings. The molecule has 1 fully saturated rings. The summed E-state index contributed by atoms with van der Waals surface area (Å²) in [4.78, 5) is 27.7. The zero-order chi connectivity index (χ0) is 18.7. The fourth-order valence-electron chi connectivity index (χ4n) is 3.56. The number of amides is 1. The van der Waals surface area contributed by atoms with E-state index < -0.39 is 0 Å². The molecule has 3 rings (SSSR count). The van der Waals surface area contributed by atoms with E-state index in [1.54, 1.807) is 6.92 Å². The molecule has 0 bridgehead atoms. The molecule has 0 spiro atoms. The van der Waals surface area contributed by atoms with Crippen LogP contribution in [0.2, 0.25) is 0 Å². The zero-order valence-corrected chi connectivity index (χ0v) is 16.0. The van der Waals surface area contributed by atoms with Gasteiger partial charge in [-0.15, -0.1) is 0 Å². The Bertz CT molecular complexity index is 767. The first-order chi connectivity index (χ1) is 12.5. The van der Waals surface area contributed by atoms with Crippen molar-refractivity contribution >= 4 is 11.9 Å². The second-order valence-electron chi connectivity index (χ2n) is 7.07. The average molecular weight is 357 g/mol. The third-order valence-corrected chi connectivity index (χ3v) is 5.22. The van der Waals surface area contributed by atoms with Crippen LogP contribution >= 0.6 is 0 Å².